The Morgan fingerprint density at radius 2 is 2.06 bits per heavy atom. The van der Waals surface area contributed by atoms with Gasteiger partial charge in [0.05, 0.1) is 18.8 Å². The number of aliphatic hydroxyl groups is 1. The molecule has 1 N–H and O–H groups in total. The van der Waals surface area contributed by atoms with Crippen LogP contribution in [0, 0.1) is 0 Å². The van der Waals surface area contributed by atoms with Crippen molar-refractivity contribution in [2.24, 2.45) is 0 Å². The fourth-order valence-electron chi connectivity index (χ4n) is 1.53. The molecule has 17 heavy (non-hydrogen) atoms. The summed E-state index contributed by atoms with van der Waals surface area (Å²) in [5, 5.41) is 18.2. The van der Waals surface area contributed by atoms with E-state index in [1.807, 2.05) is 31.2 Å². The summed E-state index contributed by atoms with van der Waals surface area (Å²) in [5.41, 5.74) is 1.71. The minimum atomic E-state index is -0.533. The number of benzene rings is 1. The molecule has 2 aromatic rings. The van der Waals surface area contributed by atoms with Gasteiger partial charge in [0.1, 0.15) is 5.69 Å². The van der Waals surface area contributed by atoms with Crippen LogP contribution in [-0.2, 0) is 6.54 Å². The first-order valence-corrected chi connectivity index (χ1v) is 5.89. The van der Waals surface area contributed by atoms with Gasteiger partial charge >= 0.3 is 0 Å². The summed E-state index contributed by atoms with van der Waals surface area (Å²) in [5.74, 6) is 0. The van der Waals surface area contributed by atoms with Crippen LogP contribution in [0.1, 0.15) is 30.7 Å². The van der Waals surface area contributed by atoms with Gasteiger partial charge in [-0.05, 0) is 24.1 Å². The highest BCUT2D eigenvalue weighted by molar-refractivity contribution is 6.30. The number of hydrogen-bond acceptors (Lipinski definition) is 3. The van der Waals surface area contributed by atoms with Crippen molar-refractivity contribution in [2.75, 3.05) is 0 Å². The van der Waals surface area contributed by atoms with Crippen molar-refractivity contribution in [3.63, 3.8) is 0 Å². The molecule has 0 fully saturated rings. The first-order valence-electron chi connectivity index (χ1n) is 5.51. The van der Waals surface area contributed by atoms with E-state index >= 15 is 0 Å². The Morgan fingerprint density at radius 1 is 1.35 bits per heavy atom. The largest absolute Gasteiger partial charge is 0.387 e. The lowest BCUT2D eigenvalue weighted by atomic mass is 10.2. The van der Waals surface area contributed by atoms with E-state index in [1.165, 1.54) is 0 Å². The van der Waals surface area contributed by atoms with Gasteiger partial charge in [0.25, 0.3) is 0 Å². The van der Waals surface area contributed by atoms with E-state index in [4.69, 9.17) is 11.6 Å². The maximum absolute atomic E-state index is 9.61. The van der Waals surface area contributed by atoms with Crippen molar-refractivity contribution >= 4 is 11.6 Å². The third kappa shape index (κ3) is 3.05. The third-order valence-electron chi connectivity index (χ3n) is 2.54. The van der Waals surface area contributed by atoms with Gasteiger partial charge in [-0.1, -0.05) is 35.9 Å². The van der Waals surface area contributed by atoms with E-state index in [1.54, 1.807) is 10.9 Å². The number of halogens is 1. The second kappa shape index (κ2) is 5.29. The van der Waals surface area contributed by atoms with Crippen LogP contribution in [0.15, 0.2) is 30.5 Å². The summed E-state index contributed by atoms with van der Waals surface area (Å²) in [7, 11) is 0. The molecule has 0 aliphatic rings. The molecule has 0 bridgehead atoms. The van der Waals surface area contributed by atoms with Crippen LogP contribution in [0.25, 0.3) is 0 Å². The fraction of sp³-hybridized carbons (Fsp3) is 0.333. The zero-order chi connectivity index (χ0) is 12.3. The van der Waals surface area contributed by atoms with Crippen molar-refractivity contribution in [3.05, 3.63) is 46.7 Å². The summed E-state index contributed by atoms with van der Waals surface area (Å²) in [6.45, 7) is 2.53. The number of aliphatic hydroxyl groups excluding tert-OH is 1. The van der Waals surface area contributed by atoms with Gasteiger partial charge in [-0.25, -0.2) is 4.68 Å². The van der Waals surface area contributed by atoms with Crippen molar-refractivity contribution in [1.82, 2.24) is 15.0 Å². The second-order valence-electron chi connectivity index (χ2n) is 3.89. The van der Waals surface area contributed by atoms with Crippen LogP contribution in [0.3, 0.4) is 0 Å². The maximum Gasteiger partial charge on any atom is 0.111 e. The average Bonchev–Trinajstić information content (AvgIpc) is 2.80. The van der Waals surface area contributed by atoms with Crippen molar-refractivity contribution in [3.8, 4) is 0 Å². The van der Waals surface area contributed by atoms with Gasteiger partial charge in [-0.2, -0.15) is 0 Å². The first kappa shape index (κ1) is 12.1. The van der Waals surface area contributed by atoms with E-state index in [0.717, 1.165) is 10.6 Å². The molecule has 4 nitrogen and oxygen atoms in total. The Morgan fingerprint density at radius 3 is 2.71 bits per heavy atom. The molecule has 0 saturated carbocycles. The molecular formula is C12H14ClN3O. The molecule has 90 valence electrons. The SMILES string of the molecule is CCC(O)c1cn(Cc2ccc(Cl)cc2)nn1. The van der Waals surface area contributed by atoms with Crippen LogP contribution in [0.2, 0.25) is 5.02 Å². The van der Waals surface area contributed by atoms with E-state index in [0.29, 0.717) is 18.7 Å². The summed E-state index contributed by atoms with van der Waals surface area (Å²) in [6, 6.07) is 7.57. The molecule has 0 radical (unpaired) electrons. The van der Waals surface area contributed by atoms with Crippen molar-refractivity contribution in [1.29, 1.82) is 0 Å². The number of nitrogens with zero attached hydrogens (tertiary/aromatic N) is 3. The average molecular weight is 252 g/mol. The Hall–Kier alpha value is -1.39. The molecule has 1 heterocycles. The Labute approximate surface area is 105 Å². The van der Waals surface area contributed by atoms with Crippen molar-refractivity contribution in [2.45, 2.75) is 26.0 Å². The van der Waals surface area contributed by atoms with Gasteiger partial charge < -0.3 is 5.11 Å². The molecule has 1 atom stereocenters. The predicted molar refractivity (Wildman–Crippen MR) is 65.8 cm³/mol. The van der Waals surface area contributed by atoms with E-state index in [-0.39, 0.29) is 0 Å². The molecule has 1 unspecified atom stereocenters. The monoisotopic (exact) mass is 251 g/mol. The molecule has 0 saturated heterocycles. The van der Waals surface area contributed by atoms with Gasteiger partial charge in [0, 0.05) is 5.02 Å². The predicted octanol–water partition coefficient (Wildman–Crippen LogP) is 2.42. The second-order valence-corrected chi connectivity index (χ2v) is 4.33. The summed E-state index contributed by atoms with van der Waals surface area (Å²) in [4.78, 5) is 0. The first-order chi connectivity index (χ1) is 8.19. The lowest BCUT2D eigenvalue weighted by molar-refractivity contribution is 0.168. The van der Waals surface area contributed by atoms with Gasteiger partial charge in [-0.3, -0.25) is 0 Å². The molecule has 5 heteroatoms. The van der Waals surface area contributed by atoms with Crippen LogP contribution in [0.5, 0.6) is 0 Å². The Bertz CT molecular complexity index is 481. The standard InChI is InChI=1S/C12H14ClN3O/c1-2-12(17)11-8-16(15-14-11)7-9-3-5-10(13)6-4-9/h3-6,8,12,17H,2,7H2,1H3. The molecule has 0 aliphatic heterocycles. The number of aromatic nitrogens is 3. The summed E-state index contributed by atoms with van der Waals surface area (Å²) in [6.07, 6.45) is 1.87. The Kier molecular flexibility index (Phi) is 3.76. The smallest absolute Gasteiger partial charge is 0.111 e. The number of hydrogen-bond donors (Lipinski definition) is 1. The van der Waals surface area contributed by atoms with Gasteiger partial charge in [0.15, 0.2) is 0 Å². The lowest BCUT2D eigenvalue weighted by Gasteiger charge is -2.02. The normalized spacial score (nSPS) is 12.6. The van der Waals surface area contributed by atoms with Crippen LogP contribution in [-0.4, -0.2) is 20.1 Å². The minimum absolute atomic E-state index is 0.533. The molecule has 0 spiro atoms. The zero-order valence-corrected chi connectivity index (χ0v) is 10.3. The highest BCUT2D eigenvalue weighted by Crippen LogP contribution is 2.14. The molecule has 1 aromatic carbocycles. The minimum Gasteiger partial charge on any atom is -0.387 e. The highest BCUT2D eigenvalue weighted by atomic mass is 35.5. The summed E-state index contributed by atoms with van der Waals surface area (Å²) >= 11 is 5.81. The fourth-order valence-corrected chi connectivity index (χ4v) is 1.66. The summed E-state index contributed by atoms with van der Waals surface area (Å²) < 4.78 is 1.71. The molecule has 2 rings (SSSR count). The third-order valence-corrected chi connectivity index (χ3v) is 2.79. The Balaban J connectivity index is 2.08. The quantitative estimate of drug-likeness (QED) is 0.908. The molecule has 0 amide bonds. The lowest BCUT2D eigenvalue weighted by Crippen LogP contribution is -2.00. The van der Waals surface area contributed by atoms with Crippen LogP contribution in [0.4, 0.5) is 0 Å². The molecule has 1 aromatic heterocycles. The van der Waals surface area contributed by atoms with Gasteiger partial charge in [0.2, 0.25) is 0 Å². The van der Waals surface area contributed by atoms with E-state index in [9.17, 15) is 5.11 Å². The van der Waals surface area contributed by atoms with E-state index in [2.05, 4.69) is 10.3 Å². The van der Waals surface area contributed by atoms with Crippen molar-refractivity contribution < 1.29 is 5.11 Å². The van der Waals surface area contributed by atoms with Crippen LogP contribution < -0.4 is 0 Å². The molecular weight excluding hydrogens is 238 g/mol. The zero-order valence-electron chi connectivity index (χ0n) is 9.55. The number of rotatable bonds is 4. The molecule has 0 aliphatic carbocycles. The van der Waals surface area contributed by atoms with Gasteiger partial charge in [-0.15, -0.1) is 5.10 Å². The highest BCUT2D eigenvalue weighted by Gasteiger charge is 2.09. The topological polar surface area (TPSA) is 50.9 Å². The van der Waals surface area contributed by atoms with E-state index < -0.39 is 6.10 Å². The van der Waals surface area contributed by atoms with Crippen LogP contribution >= 0.6 is 11.6 Å². The maximum atomic E-state index is 9.61.